The maximum Gasteiger partial charge on any atom is 0.134 e. The summed E-state index contributed by atoms with van der Waals surface area (Å²) in [4.78, 5) is 0. The standard InChI is InChI=1S/C14H13NO/c1-2-5-12-10-13-11(7-4-9-15)6-3-8-14(13)16-12/h2-3,6,8,10H,1,4-5,7H2. The third-order valence-electron chi connectivity index (χ3n) is 2.55. The van der Waals surface area contributed by atoms with Crippen LogP contribution in [0.5, 0.6) is 0 Å². The monoisotopic (exact) mass is 211 g/mol. The Bertz CT molecular complexity index is 545. The van der Waals surface area contributed by atoms with Gasteiger partial charge in [0, 0.05) is 18.2 Å². The Kier molecular flexibility index (Phi) is 3.07. The van der Waals surface area contributed by atoms with E-state index in [1.54, 1.807) is 0 Å². The molecule has 0 fully saturated rings. The Morgan fingerprint density at radius 3 is 3.06 bits per heavy atom. The smallest absolute Gasteiger partial charge is 0.134 e. The van der Waals surface area contributed by atoms with E-state index in [9.17, 15) is 0 Å². The Hall–Kier alpha value is -2.01. The van der Waals surface area contributed by atoms with Crippen LogP contribution in [0.15, 0.2) is 41.3 Å². The summed E-state index contributed by atoms with van der Waals surface area (Å²) in [5.74, 6) is 0.925. The normalized spacial score (nSPS) is 10.2. The van der Waals surface area contributed by atoms with Gasteiger partial charge in [0.1, 0.15) is 11.3 Å². The van der Waals surface area contributed by atoms with Gasteiger partial charge >= 0.3 is 0 Å². The lowest BCUT2D eigenvalue weighted by Gasteiger charge is -1.97. The number of furan rings is 1. The zero-order valence-corrected chi connectivity index (χ0v) is 9.07. The number of allylic oxidation sites excluding steroid dienone is 1. The molecule has 0 aliphatic carbocycles. The van der Waals surface area contributed by atoms with Crippen LogP contribution in [0.2, 0.25) is 0 Å². The molecule has 0 unspecified atom stereocenters. The largest absolute Gasteiger partial charge is 0.461 e. The summed E-state index contributed by atoms with van der Waals surface area (Å²) in [6.07, 6.45) is 3.89. The van der Waals surface area contributed by atoms with E-state index >= 15 is 0 Å². The quantitative estimate of drug-likeness (QED) is 0.724. The molecule has 0 saturated carbocycles. The van der Waals surface area contributed by atoms with Gasteiger partial charge in [0.05, 0.1) is 6.07 Å². The highest BCUT2D eigenvalue weighted by Crippen LogP contribution is 2.24. The second kappa shape index (κ2) is 4.67. The van der Waals surface area contributed by atoms with Crippen molar-refractivity contribution in [1.29, 1.82) is 5.26 Å². The van der Waals surface area contributed by atoms with Crippen LogP contribution in [0.25, 0.3) is 11.0 Å². The molecule has 0 atom stereocenters. The summed E-state index contributed by atoms with van der Waals surface area (Å²) in [6.45, 7) is 3.70. The lowest BCUT2D eigenvalue weighted by Crippen LogP contribution is -1.83. The molecule has 2 rings (SSSR count). The minimum absolute atomic E-state index is 0.543. The fraction of sp³-hybridized carbons (Fsp3) is 0.214. The summed E-state index contributed by atoms with van der Waals surface area (Å²) >= 11 is 0. The van der Waals surface area contributed by atoms with Gasteiger partial charge in [0.2, 0.25) is 0 Å². The fourth-order valence-corrected chi connectivity index (χ4v) is 1.83. The molecule has 0 radical (unpaired) electrons. The number of fused-ring (bicyclic) bond motifs is 1. The van der Waals surface area contributed by atoms with E-state index < -0.39 is 0 Å². The van der Waals surface area contributed by atoms with Gasteiger partial charge in [-0.3, -0.25) is 0 Å². The molecule has 1 aromatic heterocycles. The number of hydrogen-bond donors (Lipinski definition) is 0. The van der Waals surface area contributed by atoms with Gasteiger partial charge in [-0.25, -0.2) is 0 Å². The van der Waals surface area contributed by atoms with E-state index in [4.69, 9.17) is 9.68 Å². The zero-order chi connectivity index (χ0) is 11.4. The van der Waals surface area contributed by atoms with Crippen molar-refractivity contribution < 1.29 is 4.42 Å². The van der Waals surface area contributed by atoms with Crippen LogP contribution in [-0.2, 0) is 12.8 Å². The van der Waals surface area contributed by atoms with Gasteiger partial charge in [-0.05, 0) is 24.1 Å². The lowest BCUT2D eigenvalue weighted by molar-refractivity contribution is 0.565. The topological polar surface area (TPSA) is 36.9 Å². The second-order valence-electron chi connectivity index (χ2n) is 3.69. The predicted octanol–water partition coefficient (Wildman–Crippen LogP) is 3.62. The van der Waals surface area contributed by atoms with Gasteiger partial charge in [-0.2, -0.15) is 5.26 Å². The number of nitriles is 1. The molecule has 1 heterocycles. The Labute approximate surface area is 94.8 Å². The van der Waals surface area contributed by atoms with Gasteiger partial charge in [0.15, 0.2) is 0 Å². The van der Waals surface area contributed by atoms with E-state index in [1.807, 2.05) is 30.3 Å². The Morgan fingerprint density at radius 1 is 1.44 bits per heavy atom. The molecule has 80 valence electrons. The minimum atomic E-state index is 0.543. The number of hydrogen-bond acceptors (Lipinski definition) is 2. The van der Waals surface area contributed by atoms with Gasteiger partial charge in [-0.15, -0.1) is 6.58 Å². The van der Waals surface area contributed by atoms with E-state index in [2.05, 4.69) is 12.6 Å². The van der Waals surface area contributed by atoms with Crippen LogP contribution < -0.4 is 0 Å². The molecule has 2 aromatic rings. The molecular weight excluding hydrogens is 198 g/mol. The SMILES string of the molecule is C=CCc1cc2c(CCC#N)cccc2o1. The fourth-order valence-electron chi connectivity index (χ4n) is 1.83. The molecule has 0 aliphatic heterocycles. The molecule has 2 heteroatoms. The van der Waals surface area contributed by atoms with Crippen LogP contribution in [0.1, 0.15) is 17.7 Å². The first kappa shape index (κ1) is 10.5. The van der Waals surface area contributed by atoms with Crippen molar-refractivity contribution in [2.24, 2.45) is 0 Å². The Morgan fingerprint density at radius 2 is 2.31 bits per heavy atom. The first-order valence-corrected chi connectivity index (χ1v) is 5.33. The molecule has 16 heavy (non-hydrogen) atoms. The van der Waals surface area contributed by atoms with E-state index in [0.29, 0.717) is 6.42 Å². The van der Waals surface area contributed by atoms with Gasteiger partial charge in [0.25, 0.3) is 0 Å². The third kappa shape index (κ3) is 1.99. The van der Waals surface area contributed by atoms with E-state index in [1.165, 1.54) is 5.56 Å². The number of benzene rings is 1. The van der Waals surface area contributed by atoms with Crippen molar-refractivity contribution in [3.8, 4) is 6.07 Å². The van der Waals surface area contributed by atoms with E-state index in [0.717, 1.165) is 29.6 Å². The molecule has 0 aliphatic rings. The van der Waals surface area contributed by atoms with Gasteiger partial charge < -0.3 is 4.42 Å². The molecule has 0 amide bonds. The van der Waals surface area contributed by atoms with Crippen LogP contribution in [0, 0.1) is 11.3 Å². The molecule has 2 nitrogen and oxygen atoms in total. The summed E-state index contributed by atoms with van der Waals surface area (Å²) in [7, 11) is 0. The number of nitrogens with zero attached hydrogens (tertiary/aromatic N) is 1. The van der Waals surface area contributed by atoms with Crippen LogP contribution >= 0.6 is 0 Å². The first-order chi connectivity index (χ1) is 7.85. The number of rotatable bonds is 4. The minimum Gasteiger partial charge on any atom is -0.461 e. The maximum atomic E-state index is 8.60. The average Bonchev–Trinajstić information content (AvgIpc) is 2.69. The summed E-state index contributed by atoms with van der Waals surface area (Å²) in [5, 5.41) is 9.72. The van der Waals surface area contributed by atoms with E-state index in [-0.39, 0.29) is 0 Å². The van der Waals surface area contributed by atoms with Crippen molar-refractivity contribution in [2.75, 3.05) is 0 Å². The second-order valence-corrected chi connectivity index (χ2v) is 3.69. The zero-order valence-electron chi connectivity index (χ0n) is 9.07. The summed E-state index contributed by atoms with van der Waals surface area (Å²) in [6, 6.07) is 10.2. The van der Waals surface area contributed by atoms with Crippen molar-refractivity contribution in [3.63, 3.8) is 0 Å². The van der Waals surface area contributed by atoms with Crippen LogP contribution in [0.3, 0.4) is 0 Å². The summed E-state index contributed by atoms with van der Waals surface area (Å²) < 4.78 is 5.67. The molecule has 0 saturated heterocycles. The highest BCUT2D eigenvalue weighted by atomic mass is 16.3. The van der Waals surface area contributed by atoms with Gasteiger partial charge in [-0.1, -0.05) is 18.2 Å². The van der Waals surface area contributed by atoms with Crippen LogP contribution in [0.4, 0.5) is 0 Å². The summed E-state index contributed by atoms with van der Waals surface area (Å²) in [5.41, 5.74) is 2.07. The molecule has 0 N–H and O–H groups in total. The van der Waals surface area contributed by atoms with Crippen molar-refractivity contribution in [2.45, 2.75) is 19.3 Å². The highest BCUT2D eigenvalue weighted by molar-refractivity contribution is 5.81. The average molecular weight is 211 g/mol. The number of aryl methyl sites for hydroxylation is 1. The first-order valence-electron chi connectivity index (χ1n) is 5.33. The van der Waals surface area contributed by atoms with Crippen molar-refractivity contribution in [1.82, 2.24) is 0 Å². The third-order valence-corrected chi connectivity index (χ3v) is 2.55. The lowest BCUT2D eigenvalue weighted by atomic mass is 10.1. The molecular formula is C14H13NO. The predicted molar refractivity (Wildman–Crippen MR) is 64.0 cm³/mol. The molecule has 0 bridgehead atoms. The maximum absolute atomic E-state index is 8.60. The Balaban J connectivity index is 2.42. The molecule has 0 spiro atoms. The van der Waals surface area contributed by atoms with Crippen LogP contribution in [-0.4, -0.2) is 0 Å². The van der Waals surface area contributed by atoms with Crippen molar-refractivity contribution in [3.05, 3.63) is 48.2 Å². The van der Waals surface area contributed by atoms with Crippen molar-refractivity contribution >= 4 is 11.0 Å². The molecule has 1 aromatic carbocycles. The highest BCUT2D eigenvalue weighted by Gasteiger charge is 2.06.